The number of carbonyl (C=O) groups is 1. The summed E-state index contributed by atoms with van der Waals surface area (Å²) in [6.07, 6.45) is -3.05. The Kier molecular flexibility index (Phi) is 4.30. The van der Waals surface area contributed by atoms with E-state index >= 15 is 0 Å². The lowest BCUT2D eigenvalue weighted by Crippen LogP contribution is -2.22. The van der Waals surface area contributed by atoms with Crippen LogP contribution in [-0.4, -0.2) is 21.0 Å². The zero-order chi connectivity index (χ0) is 17.2. The second kappa shape index (κ2) is 6.40. The summed E-state index contributed by atoms with van der Waals surface area (Å²) in [6, 6.07) is 5.83. The van der Waals surface area contributed by atoms with Gasteiger partial charge in [0, 0.05) is 22.7 Å². The van der Waals surface area contributed by atoms with Crippen LogP contribution in [0.1, 0.15) is 21.3 Å². The Morgan fingerprint density at radius 2 is 2.00 bits per heavy atom. The highest BCUT2D eigenvalue weighted by atomic mass is 32.1. The van der Waals surface area contributed by atoms with Gasteiger partial charge in [0.2, 0.25) is 5.82 Å². The fourth-order valence-corrected chi connectivity index (χ4v) is 2.38. The molecule has 0 aliphatic carbocycles. The van der Waals surface area contributed by atoms with Crippen molar-refractivity contribution in [3.63, 3.8) is 0 Å². The molecule has 1 N–H and O–H groups in total. The normalized spacial score (nSPS) is 11.5. The number of halogens is 3. The molecule has 1 amide bonds. The van der Waals surface area contributed by atoms with Crippen molar-refractivity contribution in [1.82, 2.24) is 20.4 Å². The van der Waals surface area contributed by atoms with Crippen molar-refractivity contribution < 1.29 is 22.5 Å². The molecule has 0 saturated carbocycles. The molecule has 0 fully saturated rings. The van der Waals surface area contributed by atoms with E-state index in [2.05, 4.69) is 25.0 Å². The average molecular weight is 354 g/mol. The van der Waals surface area contributed by atoms with E-state index in [4.69, 9.17) is 0 Å². The topological polar surface area (TPSA) is 80.9 Å². The highest BCUT2D eigenvalue weighted by Gasteiger charge is 2.38. The van der Waals surface area contributed by atoms with Crippen LogP contribution in [0.2, 0.25) is 0 Å². The van der Waals surface area contributed by atoms with Crippen molar-refractivity contribution >= 4 is 17.2 Å². The molecular weight excluding hydrogens is 345 g/mol. The Bertz CT molecular complexity index is 829. The van der Waals surface area contributed by atoms with Crippen molar-refractivity contribution in [2.24, 2.45) is 0 Å². The van der Waals surface area contributed by atoms with Crippen molar-refractivity contribution in [2.45, 2.75) is 12.7 Å². The summed E-state index contributed by atoms with van der Waals surface area (Å²) in [5.74, 6) is -1.93. The van der Waals surface area contributed by atoms with Gasteiger partial charge < -0.3 is 9.84 Å². The summed E-state index contributed by atoms with van der Waals surface area (Å²) < 4.78 is 41.5. The third-order valence-corrected chi connectivity index (χ3v) is 3.74. The van der Waals surface area contributed by atoms with Gasteiger partial charge in [-0.3, -0.25) is 4.79 Å². The van der Waals surface area contributed by atoms with Gasteiger partial charge >= 0.3 is 12.1 Å². The third kappa shape index (κ3) is 3.59. The summed E-state index contributed by atoms with van der Waals surface area (Å²) in [7, 11) is 0. The van der Waals surface area contributed by atoms with Crippen LogP contribution in [0.15, 0.2) is 40.4 Å². The van der Waals surface area contributed by atoms with Crippen LogP contribution in [0.3, 0.4) is 0 Å². The summed E-state index contributed by atoms with van der Waals surface area (Å²) >= 11 is 1.42. The number of thiazole rings is 1. The van der Waals surface area contributed by atoms with Crippen LogP contribution in [0.4, 0.5) is 13.2 Å². The Morgan fingerprint density at radius 1 is 1.25 bits per heavy atom. The molecule has 10 heteroatoms. The van der Waals surface area contributed by atoms with Gasteiger partial charge in [-0.1, -0.05) is 17.3 Å². The standard InChI is InChI=1S/C14H9F3N4O2S/c15-14(16,17)13-20-11(21-23-13)8-1-3-9(4-2-8)12(22)19-7-10-18-5-6-24-10/h1-6H,7H2,(H,19,22). The molecule has 3 rings (SSSR count). The zero-order valence-corrected chi connectivity index (χ0v) is 12.7. The van der Waals surface area contributed by atoms with E-state index in [0.29, 0.717) is 17.7 Å². The van der Waals surface area contributed by atoms with Crippen molar-refractivity contribution in [3.8, 4) is 11.4 Å². The van der Waals surface area contributed by atoms with E-state index < -0.39 is 12.1 Å². The van der Waals surface area contributed by atoms with E-state index in [1.54, 1.807) is 11.6 Å². The highest BCUT2D eigenvalue weighted by Crippen LogP contribution is 2.29. The molecule has 2 heterocycles. The molecule has 0 saturated heterocycles. The molecule has 124 valence electrons. The van der Waals surface area contributed by atoms with E-state index in [-0.39, 0.29) is 11.7 Å². The molecule has 2 aromatic heterocycles. The minimum atomic E-state index is -4.69. The number of carbonyl (C=O) groups excluding carboxylic acids is 1. The molecule has 3 aromatic rings. The van der Waals surface area contributed by atoms with E-state index in [1.165, 1.54) is 35.6 Å². The van der Waals surface area contributed by atoms with Gasteiger partial charge in [0.25, 0.3) is 5.91 Å². The Balaban J connectivity index is 1.68. The number of hydrogen-bond donors (Lipinski definition) is 1. The number of alkyl halides is 3. The van der Waals surface area contributed by atoms with Crippen LogP contribution in [0, 0.1) is 0 Å². The highest BCUT2D eigenvalue weighted by molar-refractivity contribution is 7.09. The molecule has 6 nitrogen and oxygen atoms in total. The maximum atomic E-state index is 12.4. The first kappa shape index (κ1) is 16.1. The van der Waals surface area contributed by atoms with Crippen LogP contribution >= 0.6 is 11.3 Å². The molecular formula is C14H9F3N4O2S. The van der Waals surface area contributed by atoms with Gasteiger partial charge in [-0.05, 0) is 12.1 Å². The largest absolute Gasteiger partial charge is 0.471 e. The molecule has 1 aromatic carbocycles. The smallest absolute Gasteiger partial charge is 0.346 e. The summed E-state index contributed by atoms with van der Waals surface area (Å²) in [4.78, 5) is 19.3. The quantitative estimate of drug-likeness (QED) is 0.778. The first-order chi connectivity index (χ1) is 11.4. The number of nitrogens with one attached hydrogen (secondary N) is 1. The van der Waals surface area contributed by atoms with Gasteiger partial charge in [0.05, 0.1) is 6.54 Å². The van der Waals surface area contributed by atoms with E-state index in [9.17, 15) is 18.0 Å². The van der Waals surface area contributed by atoms with Crippen molar-refractivity contribution in [2.75, 3.05) is 0 Å². The molecule has 0 unspecified atom stereocenters. The van der Waals surface area contributed by atoms with Gasteiger partial charge in [-0.2, -0.15) is 18.2 Å². The second-order valence-corrected chi connectivity index (χ2v) is 5.59. The number of aromatic nitrogens is 3. The number of hydrogen-bond acceptors (Lipinski definition) is 6. The minimum absolute atomic E-state index is 0.197. The van der Waals surface area contributed by atoms with Gasteiger partial charge in [-0.25, -0.2) is 4.98 Å². The lowest BCUT2D eigenvalue weighted by atomic mass is 10.1. The SMILES string of the molecule is O=C(NCc1nccs1)c1ccc(-c2noc(C(F)(F)F)n2)cc1. The fourth-order valence-electron chi connectivity index (χ4n) is 1.82. The summed E-state index contributed by atoms with van der Waals surface area (Å²) in [6.45, 7) is 0.304. The first-order valence-corrected chi connectivity index (χ1v) is 7.49. The molecule has 24 heavy (non-hydrogen) atoms. The maximum Gasteiger partial charge on any atom is 0.471 e. The van der Waals surface area contributed by atoms with Crippen LogP contribution in [0.25, 0.3) is 11.4 Å². The molecule has 0 bridgehead atoms. The van der Waals surface area contributed by atoms with Crippen molar-refractivity contribution in [3.05, 3.63) is 52.3 Å². The van der Waals surface area contributed by atoms with Gasteiger partial charge in [0.15, 0.2) is 0 Å². The van der Waals surface area contributed by atoms with Gasteiger partial charge in [0.1, 0.15) is 5.01 Å². The van der Waals surface area contributed by atoms with E-state index in [1.807, 2.05) is 0 Å². The predicted molar refractivity (Wildman–Crippen MR) is 78.0 cm³/mol. The molecule has 0 spiro atoms. The average Bonchev–Trinajstić information content (AvgIpc) is 3.23. The molecule has 0 aliphatic heterocycles. The lowest BCUT2D eigenvalue weighted by Gasteiger charge is -2.03. The van der Waals surface area contributed by atoms with Crippen LogP contribution in [0.5, 0.6) is 0 Å². The predicted octanol–water partition coefficient (Wildman–Crippen LogP) is 3.14. The number of nitrogens with zero attached hydrogens (tertiary/aromatic N) is 3. The number of amides is 1. The third-order valence-electron chi connectivity index (χ3n) is 2.96. The van der Waals surface area contributed by atoms with Crippen molar-refractivity contribution in [1.29, 1.82) is 0 Å². The number of benzene rings is 1. The fraction of sp³-hybridized carbons (Fsp3) is 0.143. The minimum Gasteiger partial charge on any atom is -0.346 e. The number of rotatable bonds is 4. The Morgan fingerprint density at radius 3 is 2.58 bits per heavy atom. The van der Waals surface area contributed by atoms with E-state index in [0.717, 1.165) is 5.01 Å². The zero-order valence-electron chi connectivity index (χ0n) is 11.9. The lowest BCUT2D eigenvalue weighted by molar-refractivity contribution is -0.159. The second-order valence-electron chi connectivity index (χ2n) is 4.61. The van der Waals surface area contributed by atoms with Crippen LogP contribution in [-0.2, 0) is 12.7 Å². The van der Waals surface area contributed by atoms with Gasteiger partial charge in [-0.15, -0.1) is 11.3 Å². The first-order valence-electron chi connectivity index (χ1n) is 6.61. The molecule has 0 radical (unpaired) electrons. The summed E-state index contributed by atoms with van der Waals surface area (Å²) in [5, 5.41) is 8.55. The summed E-state index contributed by atoms with van der Waals surface area (Å²) in [5.41, 5.74) is 0.667. The Labute approximate surface area is 137 Å². The Hall–Kier alpha value is -2.75. The molecule has 0 aliphatic rings. The molecule has 0 atom stereocenters. The maximum absolute atomic E-state index is 12.4. The van der Waals surface area contributed by atoms with Crippen LogP contribution < -0.4 is 5.32 Å². The monoisotopic (exact) mass is 354 g/mol.